The van der Waals surface area contributed by atoms with Crippen LogP contribution in [0.3, 0.4) is 0 Å². The molecule has 5 nitrogen and oxygen atoms in total. The average molecular weight is 444 g/mol. The Hall–Kier alpha value is -2.76. The van der Waals surface area contributed by atoms with E-state index in [4.69, 9.17) is 4.74 Å². The van der Waals surface area contributed by atoms with Crippen molar-refractivity contribution in [2.75, 3.05) is 20.2 Å². The number of hydrogen-bond donors (Lipinski definition) is 1. The number of carbonyl (C=O) groups is 1. The summed E-state index contributed by atoms with van der Waals surface area (Å²) < 4.78 is 6.14. The molecule has 5 rings (SSSR count). The number of ether oxygens (including phenoxy) is 1. The van der Waals surface area contributed by atoms with Crippen molar-refractivity contribution >= 4 is 16.8 Å². The van der Waals surface area contributed by atoms with E-state index in [9.17, 15) is 4.79 Å². The van der Waals surface area contributed by atoms with Crippen molar-refractivity contribution < 1.29 is 9.53 Å². The number of hydrogen-bond acceptors (Lipinski definition) is 4. The fourth-order valence-corrected chi connectivity index (χ4v) is 5.84. The molecule has 1 saturated heterocycles. The third-order valence-electron chi connectivity index (χ3n) is 7.58. The van der Waals surface area contributed by atoms with E-state index in [0.29, 0.717) is 0 Å². The first-order valence-corrected chi connectivity index (χ1v) is 12.0. The van der Waals surface area contributed by atoms with E-state index in [0.717, 1.165) is 38.0 Å². The molecule has 2 heterocycles. The highest BCUT2D eigenvalue weighted by Gasteiger charge is 2.53. The summed E-state index contributed by atoms with van der Waals surface area (Å²) in [6.45, 7) is 6.83. The van der Waals surface area contributed by atoms with Gasteiger partial charge in [-0.3, -0.25) is 14.7 Å². The van der Waals surface area contributed by atoms with Gasteiger partial charge in [0.05, 0.1) is 17.7 Å². The summed E-state index contributed by atoms with van der Waals surface area (Å²) in [5, 5.41) is 4.48. The summed E-state index contributed by atoms with van der Waals surface area (Å²) in [6, 6.07) is 19.2. The van der Waals surface area contributed by atoms with Gasteiger partial charge < -0.3 is 10.1 Å². The minimum Gasteiger partial charge on any atom is -0.378 e. The first-order valence-electron chi connectivity index (χ1n) is 12.0. The monoisotopic (exact) mass is 443 g/mol. The molecule has 0 saturated carbocycles. The number of carbonyl (C=O) groups excluding carboxylic acids is 1. The normalized spacial score (nSPS) is 22.1. The van der Waals surface area contributed by atoms with Crippen LogP contribution in [0.1, 0.15) is 49.4 Å². The summed E-state index contributed by atoms with van der Waals surface area (Å²) in [4.78, 5) is 19.6. The average Bonchev–Trinajstić information content (AvgIpc) is 3.09. The molecule has 2 atom stereocenters. The van der Waals surface area contributed by atoms with Gasteiger partial charge in [-0.25, -0.2) is 0 Å². The Morgan fingerprint density at radius 2 is 1.94 bits per heavy atom. The van der Waals surface area contributed by atoms with Crippen LogP contribution >= 0.6 is 0 Å². The maximum absolute atomic E-state index is 12.6. The summed E-state index contributed by atoms with van der Waals surface area (Å²) in [5.74, 6) is 0.0300. The molecule has 1 aromatic heterocycles. The van der Waals surface area contributed by atoms with Crippen LogP contribution in [0.4, 0.5) is 0 Å². The topological polar surface area (TPSA) is 54.5 Å². The number of amides is 1. The Kier molecular flexibility index (Phi) is 5.94. The molecule has 5 heteroatoms. The summed E-state index contributed by atoms with van der Waals surface area (Å²) in [7, 11) is 1.79. The zero-order valence-electron chi connectivity index (χ0n) is 19.8. The van der Waals surface area contributed by atoms with Crippen LogP contribution in [0.15, 0.2) is 60.8 Å². The molecule has 2 aliphatic rings. The maximum atomic E-state index is 12.6. The zero-order chi connectivity index (χ0) is 23.0. The Bertz CT molecular complexity index is 1150. The van der Waals surface area contributed by atoms with Crippen molar-refractivity contribution in [2.45, 2.75) is 50.8 Å². The number of pyridine rings is 1. The van der Waals surface area contributed by atoms with Crippen LogP contribution in [-0.2, 0) is 21.5 Å². The Morgan fingerprint density at radius 1 is 1.15 bits per heavy atom. The quantitative estimate of drug-likeness (QED) is 0.626. The van der Waals surface area contributed by atoms with Crippen molar-refractivity contribution in [3.8, 4) is 0 Å². The predicted molar refractivity (Wildman–Crippen MR) is 131 cm³/mol. The van der Waals surface area contributed by atoms with Crippen molar-refractivity contribution in [1.82, 2.24) is 15.2 Å². The summed E-state index contributed by atoms with van der Waals surface area (Å²) in [5.41, 5.74) is 4.86. The van der Waals surface area contributed by atoms with E-state index < -0.39 is 0 Å². The van der Waals surface area contributed by atoms with Crippen molar-refractivity contribution in [3.05, 3.63) is 77.5 Å². The molecule has 1 aliphatic heterocycles. The van der Waals surface area contributed by atoms with E-state index in [-0.39, 0.29) is 29.4 Å². The van der Waals surface area contributed by atoms with Crippen LogP contribution in [-0.4, -0.2) is 42.1 Å². The number of benzene rings is 2. The van der Waals surface area contributed by atoms with Crippen molar-refractivity contribution in [3.63, 3.8) is 0 Å². The number of nitrogens with one attached hydrogen (secondary N) is 1. The van der Waals surface area contributed by atoms with E-state index in [1.165, 1.54) is 22.1 Å². The number of rotatable bonds is 5. The molecule has 2 aromatic carbocycles. The maximum Gasteiger partial charge on any atom is 0.223 e. The zero-order valence-corrected chi connectivity index (χ0v) is 19.8. The largest absolute Gasteiger partial charge is 0.378 e. The smallest absolute Gasteiger partial charge is 0.223 e. The highest BCUT2D eigenvalue weighted by Crippen LogP contribution is 2.52. The standard InChI is InChI=1S/C28H33N3O2/c1-19(2)27(32)30-25-22-8-4-5-9-23(22)28(26(25)33-3)12-15-31(16-13-28)18-20-10-11-24-21(17-20)7-6-14-29-24/h4-11,14,17,19,25-26H,12-13,15-16,18H2,1-3H3,(H,30,32)/t25-,26+/m1/s1. The van der Waals surface area contributed by atoms with Crippen LogP contribution in [0.2, 0.25) is 0 Å². The van der Waals surface area contributed by atoms with Crippen LogP contribution in [0.25, 0.3) is 10.9 Å². The second-order valence-electron chi connectivity index (χ2n) is 9.85. The first-order chi connectivity index (χ1) is 16.0. The van der Waals surface area contributed by atoms with Gasteiger partial charge in [0.15, 0.2) is 0 Å². The second-order valence-corrected chi connectivity index (χ2v) is 9.85. The molecule has 1 N–H and O–H groups in total. The molecule has 0 bridgehead atoms. The molecule has 33 heavy (non-hydrogen) atoms. The molecule has 1 spiro atoms. The lowest BCUT2D eigenvalue weighted by Crippen LogP contribution is -2.50. The molecule has 0 radical (unpaired) electrons. The molecular weight excluding hydrogens is 410 g/mol. The van der Waals surface area contributed by atoms with Crippen LogP contribution < -0.4 is 5.32 Å². The van der Waals surface area contributed by atoms with Gasteiger partial charge in [0.2, 0.25) is 5.91 Å². The Balaban J connectivity index is 1.36. The summed E-state index contributed by atoms with van der Waals surface area (Å²) >= 11 is 0. The van der Waals surface area contributed by atoms with Crippen molar-refractivity contribution in [1.29, 1.82) is 0 Å². The lowest BCUT2D eigenvalue weighted by atomic mass is 9.71. The molecule has 1 amide bonds. The molecule has 1 aliphatic carbocycles. The molecule has 0 unspecified atom stereocenters. The van der Waals surface area contributed by atoms with Crippen molar-refractivity contribution in [2.24, 2.45) is 5.92 Å². The lowest BCUT2D eigenvalue weighted by Gasteiger charge is -2.44. The third-order valence-corrected chi connectivity index (χ3v) is 7.58. The fraction of sp³-hybridized carbons (Fsp3) is 0.429. The van der Waals surface area contributed by atoms with E-state index in [1.807, 2.05) is 26.1 Å². The van der Waals surface area contributed by atoms with E-state index >= 15 is 0 Å². The number of fused-ring (bicyclic) bond motifs is 3. The van der Waals surface area contributed by atoms with E-state index in [1.54, 1.807) is 7.11 Å². The minimum atomic E-state index is -0.0966. The van der Waals surface area contributed by atoms with Gasteiger partial charge in [-0.15, -0.1) is 0 Å². The fourth-order valence-electron chi connectivity index (χ4n) is 5.84. The SMILES string of the molecule is CO[C@H]1[C@H](NC(=O)C(C)C)c2ccccc2C12CCN(Cc1ccc3ncccc3c1)CC2. The Morgan fingerprint density at radius 3 is 2.70 bits per heavy atom. The van der Waals surface area contributed by atoms with E-state index in [2.05, 4.69) is 63.7 Å². The number of nitrogens with zero attached hydrogens (tertiary/aromatic N) is 2. The number of aromatic nitrogens is 1. The predicted octanol–water partition coefficient (Wildman–Crippen LogP) is 4.61. The minimum absolute atomic E-state index is 0.0495. The highest BCUT2D eigenvalue weighted by molar-refractivity contribution is 5.79. The highest BCUT2D eigenvalue weighted by atomic mass is 16.5. The number of methoxy groups -OCH3 is 1. The van der Waals surface area contributed by atoms with Gasteiger partial charge >= 0.3 is 0 Å². The third kappa shape index (κ3) is 3.94. The molecule has 1 fully saturated rings. The number of piperidine rings is 1. The van der Waals surface area contributed by atoms with Crippen LogP contribution in [0.5, 0.6) is 0 Å². The Labute approximate surface area is 196 Å². The van der Waals surface area contributed by atoms with Gasteiger partial charge in [-0.1, -0.05) is 50.2 Å². The molecule has 172 valence electrons. The van der Waals surface area contributed by atoms with Gasteiger partial charge in [-0.2, -0.15) is 0 Å². The number of likely N-dealkylation sites (tertiary alicyclic amines) is 1. The van der Waals surface area contributed by atoms with Gasteiger partial charge in [0, 0.05) is 36.6 Å². The van der Waals surface area contributed by atoms with Gasteiger partial charge in [0.1, 0.15) is 0 Å². The molecule has 3 aromatic rings. The second kappa shape index (κ2) is 8.88. The summed E-state index contributed by atoms with van der Waals surface area (Å²) in [6.07, 6.45) is 3.83. The van der Waals surface area contributed by atoms with Gasteiger partial charge in [0.25, 0.3) is 0 Å². The van der Waals surface area contributed by atoms with Gasteiger partial charge in [-0.05, 0) is 60.8 Å². The first kappa shape index (κ1) is 22.1. The molecular formula is C28H33N3O2. The van der Waals surface area contributed by atoms with Crippen LogP contribution in [0, 0.1) is 5.92 Å². The lowest BCUT2D eigenvalue weighted by molar-refractivity contribution is -0.126.